The Labute approximate surface area is 115 Å². The van der Waals surface area contributed by atoms with Crippen LogP contribution in [0.3, 0.4) is 0 Å². The molecule has 1 unspecified atom stereocenters. The third-order valence-electron chi connectivity index (χ3n) is 2.81. The van der Waals surface area contributed by atoms with Crippen LogP contribution in [-0.2, 0) is 0 Å². The highest BCUT2D eigenvalue weighted by atomic mass is 35.5. The first-order valence-corrected chi connectivity index (χ1v) is 6.11. The summed E-state index contributed by atoms with van der Waals surface area (Å²) in [5, 5.41) is 10.1. The van der Waals surface area contributed by atoms with Gasteiger partial charge in [0.1, 0.15) is 0 Å². The van der Waals surface area contributed by atoms with Crippen molar-refractivity contribution in [2.24, 2.45) is 0 Å². The first-order chi connectivity index (χ1) is 9.02. The van der Waals surface area contributed by atoms with Gasteiger partial charge < -0.3 is 10.8 Å². The van der Waals surface area contributed by atoms with Crippen LogP contribution in [0.15, 0.2) is 36.7 Å². The van der Waals surface area contributed by atoms with Gasteiger partial charge in [-0.1, -0.05) is 11.6 Å². The van der Waals surface area contributed by atoms with Crippen molar-refractivity contribution < 1.29 is 9.90 Å². The van der Waals surface area contributed by atoms with Crippen LogP contribution in [0.1, 0.15) is 34.5 Å². The third-order valence-corrected chi connectivity index (χ3v) is 3.14. The molecule has 0 aliphatic rings. The minimum absolute atomic E-state index is 0.244. The van der Waals surface area contributed by atoms with Gasteiger partial charge in [0.25, 0.3) is 0 Å². The average molecular weight is 277 g/mol. The fourth-order valence-electron chi connectivity index (χ4n) is 1.92. The lowest BCUT2D eigenvalue weighted by Gasteiger charge is -2.15. The zero-order valence-electron chi connectivity index (χ0n) is 10.3. The summed E-state index contributed by atoms with van der Waals surface area (Å²) in [5.74, 6) is -0.279. The molecule has 2 rings (SSSR count). The highest BCUT2D eigenvalue weighted by Gasteiger charge is 2.22. The molecule has 1 aromatic carbocycles. The van der Waals surface area contributed by atoms with E-state index in [0.29, 0.717) is 21.8 Å². The second kappa shape index (κ2) is 5.38. The van der Waals surface area contributed by atoms with E-state index in [2.05, 4.69) is 4.98 Å². The zero-order valence-corrected chi connectivity index (χ0v) is 11.1. The molecular formula is C14H13ClN2O2. The van der Waals surface area contributed by atoms with E-state index in [1.54, 1.807) is 31.2 Å². The van der Waals surface area contributed by atoms with Gasteiger partial charge in [0.05, 0.1) is 11.7 Å². The maximum absolute atomic E-state index is 12.5. The van der Waals surface area contributed by atoms with Crippen molar-refractivity contribution >= 4 is 23.1 Å². The molecule has 5 heteroatoms. The molecule has 0 radical (unpaired) electrons. The zero-order chi connectivity index (χ0) is 14.0. The normalized spacial score (nSPS) is 12.2. The average Bonchev–Trinajstić information content (AvgIpc) is 2.41. The molecule has 0 aliphatic carbocycles. The number of aromatic nitrogens is 1. The van der Waals surface area contributed by atoms with Crippen LogP contribution in [0, 0.1) is 0 Å². The number of hydrogen-bond acceptors (Lipinski definition) is 4. The lowest BCUT2D eigenvalue weighted by molar-refractivity contribution is 0.103. The Morgan fingerprint density at radius 3 is 2.53 bits per heavy atom. The number of nitrogen functional groups attached to an aromatic ring is 1. The van der Waals surface area contributed by atoms with Crippen molar-refractivity contribution in [1.29, 1.82) is 0 Å². The molecule has 0 saturated carbocycles. The molecule has 0 aliphatic heterocycles. The van der Waals surface area contributed by atoms with Gasteiger partial charge in [-0.05, 0) is 31.2 Å². The van der Waals surface area contributed by atoms with Crippen LogP contribution in [0.4, 0.5) is 5.69 Å². The van der Waals surface area contributed by atoms with Gasteiger partial charge in [0, 0.05) is 34.2 Å². The molecular weight excluding hydrogens is 264 g/mol. The Bertz CT molecular complexity index is 612. The van der Waals surface area contributed by atoms with Crippen LogP contribution in [0.5, 0.6) is 0 Å². The quantitative estimate of drug-likeness (QED) is 0.667. The predicted molar refractivity (Wildman–Crippen MR) is 74.2 cm³/mol. The summed E-state index contributed by atoms with van der Waals surface area (Å²) in [6, 6.07) is 6.31. The molecule has 1 atom stereocenters. The number of aliphatic hydroxyl groups is 1. The second-order valence-corrected chi connectivity index (χ2v) is 4.57. The van der Waals surface area contributed by atoms with Gasteiger partial charge in [-0.2, -0.15) is 0 Å². The molecule has 98 valence electrons. The molecule has 0 saturated heterocycles. The summed E-state index contributed by atoms with van der Waals surface area (Å²) < 4.78 is 0. The number of carbonyl (C=O) groups is 1. The third kappa shape index (κ3) is 2.59. The summed E-state index contributed by atoms with van der Waals surface area (Å²) in [6.45, 7) is 1.55. The number of nitrogens with two attached hydrogens (primary N) is 1. The fraction of sp³-hybridized carbons (Fsp3) is 0.143. The minimum Gasteiger partial charge on any atom is -0.398 e. The van der Waals surface area contributed by atoms with Gasteiger partial charge in [0.2, 0.25) is 0 Å². The first kappa shape index (κ1) is 13.5. The monoisotopic (exact) mass is 276 g/mol. The van der Waals surface area contributed by atoms with Crippen LogP contribution >= 0.6 is 11.6 Å². The topological polar surface area (TPSA) is 76.2 Å². The van der Waals surface area contributed by atoms with Crippen LogP contribution < -0.4 is 5.73 Å². The first-order valence-electron chi connectivity index (χ1n) is 5.73. The molecule has 4 nitrogen and oxygen atoms in total. The maximum Gasteiger partial charge on any atom is 0.195 e. The number of hydrogen-bond donors (Lipinski definition) is 2. The Kier molecular flexibility index (Phi) is 3.83. The number of carbonyl (C=O) groups excluding carboxylic acids is 1. The van der Waals surface area contributed by atoms with E-state index in [1.165, 1.54) is 12.4 Å². The Morgan fingerprint density at radius 2 is 1.95 bits per heavy atom. The second-order valence-electron chi connectivity index (χ2n) is 4.17. The van der Waals surface area contributed by atoms with Gasteiger partial charge in [-0.25, -0.2) is 0 Å². The van der Waals surface area contributed by atoms with E-state index in [0.717, 1.165) is 0 Å². The van der Waals surface area contributed by atoms with Gasteiger partial charge in [-0.3, -0.25) is 9.78 Å². The van der Waals surface area contributed by atoms with Crippen molar-refractivity contribution in [2.45, 2.75) is 13.0 Å². The smallest absolute Gasteiger partial charge is 0.195 e. The van der Waals surface area contributed by atoms with Gasteiger partial charge >= 0.3 is 0 Å². The molecule has 0 fully saturated rings. The molecule has 0 spiro atoms. The van der Waals surface area contributed by atoms with Crippen LogP contribution in [-0.4, -0.2) is 15.9 Å². The summed E-state index contributed by atoms with van der Waals surface area (Å²) in [5.41, 5.74) is 7.20. The Morgan fingerprint density at radius 1 is 1.32 bits per heavy atom. The Hall–Kier alpha value is -1.91. The minimum atomic E-state index is -0.878. The lowest BCUT2D eigenvalue weighted by Crippen LogP contribution is -2.11. The van der Waals surface area contributed by atoms with Crippen molar-refractivity contribution in [2.75, 3.05) is 5.73 Å². The molecule has 19 heavy (non-hydrogen) atoms. The number of rotatable bonds is 3. The van der Waals surface area contributed by atoms with Gasteiger partial charge in [0.15, 0.2) is 5.78 Å². The van der Waals surface area contributed by atoms with Crippen LogP contribution in [0.2, 0.25) is 5.02 Å². The van der Waals surface area contributed by atoms with Crippen molar-refractivity contribution in [3.63, 3.8) is 0 Å². The summed E-state index contributed by atoms with van der Waals surface area (Å²) >= 11 is 6.05. The molecule has 3 N–H and O–H groups in total. The van der Waals surface area contributed by atoms with E-state index in [4.69, 9.17) is 17.3 Å². The van der Waals surface area contributed by atoms with E-state index in [9.17, 15) is 9.90 Å². The maximum atomic E-state index is 12.5. The van der Waals surface area contributed by atoms with E-state index >= 15 is 0 Å². The largest absolute Gasteiger partial charge is 0.398 e. The number of nitrogens with zero attached hydrogens (tertiary/aromatic N) is 1. The van der Waals surface area contributed by atoms with E-state index in [-0.39, 0.29) is 11.3 Å². The molecule has 2 aromatic rings. The van der Waals surface area contributed by atoms with Crippen molar-refractivity contribution in [1.82, 2.24) is 4.98 Å². The lowest BCUT2D eigenvalue weighted by atomic mass is 9.94. The molecule has 1 aromatic heterocycles. The molecule has 0 amide bonds. The fourth-order valence-corrected chi connectivity index (χ4v) is 2.24. The van der Waals surface area contributed by atoms with Gasteiger partial charge in [-0.15, -0.1) is 0 Å². The van der Waals surface area contributed by atoms with E-state index in [1.807, 2.05) is 0 Å². The van der Waals surface area contributed by atoms with Crippen molar-refractivity contribution in [3.8, 4) is 0 Å². The van der Waals surface area contributed by atoms with Crippen molar-refractivity contribution in [3.05, 3.63) is 58.4 Å². The highest BCUT2D eigenvalue weighted by molar-refractivity contribution is 6.32. The molecule has 1 heterocycles. The number of aliphatic hydroxyl groups excluding tert-OH is 1. The number of benzene rings is 1. The predicted octanol–water partition coefficient (Wildman–Crippen LogP) is 2.60. The number of ketones is 1. The summed E-state index contributed by atoms with van der Waals surface area (Å²) in [6.07, 6.45) is 2.17. The summed E-state index contributed by atoms with van der Waals surface area (Å²) in [7, 11) is 0. The Balaban J connectivity index is 2.62. The standard InChI is InChI=1S/C14H13ClN2O2/c1-8(18)12-10(15)2-3-11(16)13(12)14(19)9-4-6-17-7-5-9/h2-8,18H,16H2,1H3. The number of anilines is 1. The highest BCUT2D eigenvalue weighted by Crippen LogP contribution is 2.32. The summed E-state index contributed by atoms with van der Waals surface area (Å²) in [4.78, 5) is 16.3. The van der Waals surface area contributed by atoms with Crippen LogP contribution in [0.25, 0.3) is 0 Å². The number of halogens is 1. The van der Waals surface area contributed by atoms with E-state index < -0.39 is 6.10 Å². The SMILES string of the molecule is CC(O)c1c(Cl)ccc(N)c1C(=O)c1ccncc1. The number of pyridine rings is 1. The molecule has 0 bridgehead atoms.